The molecule has 0 saturated carbocycles. The second-order valence-corrected chi connectivity index (χ2v) is 3.41. The van der Waals surface area contributed by atoms with Crippen molar-refractivity contribution in [3.63, 3.8) is 0 Å². The van der Waals surface area contributed by atoms with E-state index in [-0.39, 0.29) is 0 Å². The van der Waals surface area contributed by atoms with Crippen LogP contribution in [-0.2, 0) is 4.79 Å². The number of carboxylic acids is 1. The lowest BCUT2D eigenvalue weighted by Crippen LogP contribution is -2.04. The van der Waals surface area contributed by atoms with Gasteiger partial charge in [-0.15, -0.1) is 0 Å². The minimum atomic E-state index is -0.922. The molecule has 0 heterocycles. The van der Waals surface area contributed by atoms with Crippen molar-refractivity contribution in [2.45, 2.75) is 6.92 Å². The Morgan fingerprint density at radius 3 is 2.56 bits per heavy atom. The van der Waals surface area contributed by atoms with Crippen molar-refractivity contribution in [3.8, 4) is 5.75 Å². The summed E-state index contributed by atoms with van der Waals surface area (Å²) in [5.74, 6) is -0.127. The van der Waals surface area contributed by atoms with Crippen LogP contribution in [0.4, 0.5) is 5.69 Å². The Balaban J connectivity index is 2.51. The molecule has 0 atom stereocenters. The first-order valence-corrected chi connectivity index (χ1v) is 4.90. The maximum Gasteiger partial charge on any atom is 0.328 e. The summed E-state index contributed by atoms with van der Waals surface area (Å²) in [6.45, 7) is 2.28. The van der Waals surface area contributed by atoms with Crippen molar-refractivity contribution in [2.75, 3.05) is 19.0 Å². The van der Waals surface area contributed by atoms with E-state index in [0.717, 1.165) is 17.0 Å². The molecule has 0 radical (unpaired) electrons. The predicted octanol–water partition coefficient (Wildman–Crippen LogP) is 2.14. The van der Waals surface area contributed by atoms with Gasteiger partial charge in [-0.2, -0.15) is 0 Å². The Morgan fingerprint density at radius 1 is 1.44 bits per heavy atom. The normalized spacial score (nSPS) is 11.0. The van der Waals surface area contributed by atoms with Gasteiger partial charge in [0.15, 0.2) is 0 Å². The first kappa shape index (κ1) is 12.1. The van der Waals surface area contributed by atoms with E-state index in [0.29, 0.717) is 6.54 Å². The second-order valence-electron chi connectivity index (χ2n) is 3.41. The molecule has 0 unspecified atom stereocenters. The van der Waals surface area contributed by atoms with E-state index in [1.165, 1.54) is 6.08 Å². The van der Waals surface area contributed by atoms with Gasteiger partial charge in [-0.05, 0) is 36.8 Å². The molecule has 0 aliphatic rings. The molecule has 0 spiro atoms. The van der Waals surface area contributed by atoms with Crippen LogP contribution >= 0.6 is 0 Å². The Morgan fingerprint density at radius 2 is 2.06 bits per heavy atom. The molecular formula is C12H15NO3. The number of benzene rings is 1. The van der Waals surface area contributed by atoms with E-state index in [1.54, 1.807) is 14.0 Å². The van der Waals surface area contributed by atoms with E-state index in [1.807, 2.05) is 24.3 Å². The summed E-state index contributed by atoms with van der Waals surface area (Å²) in [7, 11) is 1.61. The zero-order valence-electron chi connectivity index (χ0n) is 9.36. The van der Waals surface area contributed by atoms with Gasteiger partial charge < -0.3 is 15.2 Å². The topological polar surface area (TPSA) is 58.6 Å². The number of anilines is 1. The van der Waals surface area contributed by atoms with Crippen LogP contribution in [0, 0.1) is 0 Å². The molecule has 0 fully saturated rings. The summed E-state index contributed by atoms with van der Waals surface area (Å²) >= 11 is 0. The van der Waals surface area contributed by atoms with E-state index < -0.39 is 5.97 Å². The summed E-state index contributed by atoms with van der Waals surface area (Å²) in [4.78, 5) is 10.4. The van der Waals surface area contributed by atoms with Crippen molar-refractivity contribution in [1.29, 1.82) is 0 Å². The summed E-state index contributed by atoms with van der Waals surface area (Å²) in [5.41, 5.74) is 1.70. The van der Waals surface area contributed by atoms with Crippen LogP contribution in [0.25, 0.3) is 0 Å². The lowest BCUT2D eigenvalue weighted by atomic mass is 10.2. The molecule has 1 rings (SSSR count). The molecule has 4 heteroatoms. The maximum absolute atomic E-state index is 10.4. The molecule has 4 nitrogen and oxygen atoms in total. The van der Waals surface area contributed by atoms with Gasteiger partial charge in [-0.3, -0.25) is 0 Å². The minimum Gasteiger partial charge on any atom is -0.497 e. The average molecular weight is 221 g/mol. The van der Waals surface area contributed by atoms with Gasteiger partial charge in [0.25, 0.3) is 0 Å². The van der Waals surface area contributed by atoms with Crippen molar-refractivity contribution >= 4 is 11.7 Å². The fraction of sp³-hybridized carbons (Fsp3) is 0.250. The first-order valence-electron chi connectivity index (χ1n) is 4.90. The molecule has 16 heavy (non-hydrogen) atoms. The largest absolute Gasteiger partial charge is 0.497 e. The van der Waals surface area contributed by atoms with Crippen LogP contribution in [0.5, 0.6) is 5.75 Å². The predicted molar refractivity (Wildman–Crippen MR) is 62.9 cm³/mol. The fourth-order valence-corrected chi connectivity index (χ4v) is 1.21. The SMILES string of the molecule is COc1ccc(NC/C(C)=C/C(=O)O)cc1. The number of carbonyl (C=O) groups is 1. The van der Waals surface area contributed by atoms with Crippen LogP contribution in [-0.4, -0.2) is 24.7 Å². The number of carboxylic acid groups (broad SMARTS) is 1. The van der Waals surface area contributed by atoms with Gasteiger partial charge in [-0.25, -0.2) is 4.79 Å². The number of hydrogen-bond donors (Lipinski definition) is 2. The maximum atomic E-state index is 10.4. The number of rotatable bonds is 5. The number of nitrogens with one attached hydrogen (secondary N) is 1. The Hall–Kier alpha value is -1.97. The third kappa shape index (κ3) is 4.04. The number of hydrogen-bond acceptors (Lipinski definition) is 3. The van der Waals surface area contributed by atoms with Gasteiger partial charge in [-0.1, -0.05) is 0 Å². The lowest BCUT2D eigenvalue weighted by molar-refractivity contribution is -0.131. The fourth-order valence-electron chi connectivity index (χ4n) is 1.21. The molecule has 0 bridgehead atoms. The van der Waals surface area contributed by atoms with Crippen LogP contribution in [0.3, 0.4) is 0 Å². The monoisotopic (exact) mass is 221 g/mol. The van der Waals surface area contributed by atoms with Crippen LogP contribution < -0.4 is 10.1 Å². The zero-order chi connectivity index (χ0) is 12.0. The van der Waals surface area contributed by atoms with Crippen LogP contribution in [0.1, 0.15) is 6.92 Å². The quantitative estimate of drug-likeness (QED) is 0.748. The van der Waals surface area contributed by atoms with E-state index in [9.17, 15) is 4.79 Å². The molecule has 0 aromatic heterocycles. The number of methoxy groups -OCH3 is 1. The smallest absolute Gasteiger partial charge is 0.328 e. The molecule has 1 aromatic carbocycles. The molecular weight excluding hydrogens is 206 g/mol. The zero-order valence-corrected chi connectivity index (χ0v) is 9.36. The van der Waals surface area contributed by atoms with Gasteiger partial charge in [0.05, 0.1) is 7.11 Å². The average Bonchev–Trinajstić information content (AvgIpc) is 2.26. The molecule has 1 aromatic rings. The van der Waals surface area contributed by atoms with Crippen molar-refractivity contribution < 1.29 is 14.6 Å². The third-order valence-electron chi connectivity index (χ3n) is 2.03. The highest BCUT2D eigenvalue weighted by Crippen LogP contribution is 2.15. The number of aliphatic carboxylic acids is 1. The van der Waals surface area contributed by atoms with Gasteiger partial charge >= 0.3 is 5.97 Å². The van der Waals surface area contributed by atoms with E-state index in [4.69, 9.17) is 9.84 Å². The van der Waals surface area contributed by atoms with Gasteiger partial charge in [0, 0.05) is 18.3 Å². The molecule has 0 aliphatic heterocycles. The molecule has 0 saturated heterocycles. The summed E-state index contributed by atoms with van der Waals surface area (Å²) in [6.07, 6.45) is 1.19. The van der Waals surface area contributed by atoms with Gasteiger partial charge in [0.1, 0.15) is 5.75 Å². The highest BCUT2D eigenvalue weighted by Gasteiger charge is 1.96. The second kappa shape index (κ2) is 5.80. The van der Waals surface area contributed by atoms with Crippen molar-refractivity contribution in [2.24, 2.45) is 0 Å². The summed E-state index contributed by atoms with van der Waals surface area (Å²) in [6, 6.07) is 7.46. The highest BCUT2D eigenvalue weighted by atomic mass is 16.5. The Kier molecular flexibility index (Phi) is 4.39. The third-order valence-corrected chi connectivity index (χ3v) is 2.03. The lowest BCUT2D eigenvalue weighted by Gasteiger charge is -2.07. The number of ether oxygens (including phenoxy) is 1. The Bertz CT molecular complexity index is 382. The molecule has 0 amide bonds. The van der Waals surface area contributed by atoms with Crippen molar-refractivity contribution in [1.82, 2.24) is 0 Å². The van der Waals surface area contributed by atoms with E-state index in [2.05, 4.69) is 5.32 Å². The summed E-state index contributed by atoms with van der Waals surface area (Å²) in [5, 5.41) is 11.6. The molecule has 0 aliphatic carbocycles. The molecule has 86 valence electrons. The molecule has 2 N–H and O–H groups in total. The first-order chi connectivity index (χ1) is 7.61. The van der Waals surface area contributed by atoms with Crippen LogP contribution in [0.2, 0.25) is 0 Å². The van der Waals surface area contributed by atoms with Crippen molar-refractivity contribution in [3.05, 3.63) is 35.9 Å². The summed E-state index contributed by atoms with van der Waals surface area (Å²) < 4.78 is 5.03. The Labute approximate surface area is 94.6 Å². The minimum absolute atomic E-state index is 0.513. The highest BCUT2D eigenvalue weighted by molar-refractivity contribution is 5.80. The van der Waals surface area contributed by atoms with E-state index >= 15 is 0 Å². The standard InChI is InChI=1S/C12H15NO3/c1-9(7-12(14)15)8-13-10-3-5-11(16-2)6-4-10/h3-7,13H,8H2,1-2H3,(H,14,15)/b9-7+. The van der Waals surface area contributed by atoms with Crippen LogP contribution in [0.15, 0.2) is 35.9 Å². The van der Waals surface area contributed by atoms with Gasteiger partial charge in [0.2, 0.25) is 0 Å².